The fourth-order valence-corrected chi connectivity index (χ4v) is 4.26. The van der Waals surface area contributed by atoms with Crippen molar-refractivity contribution in [1.29, 1.82) is 0 Å². The van der Waals surface area contributed by atoms with E-state index in [1.165, 1.54) is 6.33 Å². The molecule has 1 fully saturated rings. The van der Waals surface area contributed by atoms with Gasteiger partial charge in [0, 0.05) is 29.9 Å². The van der Waals surface area contributed by atoms with E-state index in [1.807, 2.05) is 13.0 Å². The number of aromatic nitrogens is 4. The summed E-state index contributed by atoms with van der Waals surface area (Å²) < 4.78 is 7.13. The number of ether oxygens (including phenoxy) is 1. The Hall–Kier alpha value is -3.73. The van der Waals surface area contributed by atoms with Gasteiger partial charge >= 0.3 is 0 Å². The molecule has 11 nitrogen and oxygen atoms in total. The van der Waals surface area contributed by atoms with Crippen molar-refractivity contribution in [3.63, 3.8) is 0 Å². The zero-order valence-electron chi connectivity index (χ0n) is 20.2. The van der Waals surface area contributed by atoms with Crippen LogP contribution in [0, 0.1) is 0 Å². The highest BCUT2D eigenvalue weighted by molar-refractivity contribution is 6.05. The van der Waals surface area contributed by atoms with Crippen molar-refractivity contribution in [2.45, 2.75) is 64.1 Å². The molecular weight excluding hydrogens is 448 g/mol. The van der Waals surface area contributed by atoms with Crippen LogP contribution in [-0.4, -0.2) is 55.6 Å². The van der Waals surface area contributed by atoms with E-state index in [1.54, 1.807) is 36.7 Å². The van der Waals surface area contributed by atoms with E-state index in [0.717, 1.165) is 31.2 Å². The topological polar surface area (TPSA) is 163 Å². The molecule has 3 heterocycles. The number of fused-ring (bicyclic) bond motifs is 1. The average molecular weight is 481 g/mol. The standard InChI is InChI=1S/C24H32N8O3/c1-4-35-19-11-14(9-10-27-19)18-12-17(20-21(25)28-13-29-32(18)20)22(33)30-15-5-7-16(8-6-15)31-23(34)24(2,3)26/h9-13,15-16H,4-8,26H2,1-3H3,(H,30,33)(H,31,34)(H2,25,28,29)/t15-,16-. The van der Waals surface area contributed by atoms with E-state index < -0.39 is 5.54 Å². The lowest BCUT2D eigenvalue weighted by atomic mass is 9.90. The van der Waals surface area contributed by atoms with Crippen molar-refractivity contribution in [3.05, 3.63) is 36.3 Å². The van der Waals surface area contributed by atoms with Gasteiger partial charge < -0.3 is 26.8 Å². The molecule has 0 radical (unpaired) electrons. The van der Waals surface area contributed by atoms with Gasteiger partial charge in [-0.05, 0) is 58.6 Å². The minimum absolute atomic E-state index is 0.0173. The summed E-state index contributed by atoms with van der Waals surface area (Å²) in [4.78, 5) is 33.8. The number of carbonyl (C=O) groups excluding carboxylic acids is 2. The second kappa shape index (κ2) is 9.87. The molecule has 0 unspecified atom stereocenters. The number of hydrogen-bond donors (Lipinski definition) is 4. The van der Waals surface area contributed by atoms with Gasteiger partial charge in [-0.1, -0.05) is 0 Å². The minimum atomic E-state index is -0.917. The quantitative estimate of drug-likeness (QED) is 0.397. The highest BCUT2D eigenvalue weighted by Crippen LogP contribution is 2.29. The number of nitrogens with two attached hydrogens (primary N) is 2. The number of rotatable bonds is 7. The normalized spacial score (nSPS) is 18.3. The SMILES string of the molecule is CCOc1cc(-c2cc(C(=O)N[C@H]3CC[C@H](NC(=O)C(C)(C)N)CC3)c3c(N)ncnn23)ccn1. The van der Waals surface area contributed by atoms with E-state index in [2.05, 4.69) is 25.7 Å². The maximum Gasteiger partial charge on any atom is 0.253 e. The molecule has 3 aromatic heterocycles. The van der Waals surface area contributed by atoms with E-state index in [0.29, 0.717) is 29.3 Å². The molecule has 0 bridgehead atoms. The third kappa shape index (κ3) is 5.35. The molecule has 2 amide bonds. The summed E-state index contributed by atoms with van der Waals surface area (Å²) in [5.41, 5.74) is 13.4. The monoisotopic (exact) mass is 480 g/mol. The van der Waals surface area contributed by atoms with Gasteiger partial charge in [0.1, 0.15) is 11.8 Å². The molecule has 4 rings (SSSR count). The van der Waals surface area contributed by atoms with Gasteiger partial charge in [-0.25, -0.2) is 14.5 Å². The Labute approximate surface area is 203 Å². The number of pyridine rings is 1. The Kier molecular flexibility index (Phi) is 6.88. The molecule has 1 aliphatic carbocycles. The van der Waals surface area contributed by atoms with Crippen LogP contribution in [0.2, 0.25) is 0 Å². The number of nitrogens with zero attached hydrogens (tertiary/aromatic N) is 4. The van der Waals surface area contributed by atoms with Gasteiger partial charge in [0.15, 0.2) is 5.82 Å². The number of nitrogen functional groups attached to an aromatic ring is 1. The number of nitrogens with one attached hydrogen (secondary N) is 2. The smallest absolute Gasteiger partial charge is 0.253 e. The van der Waals surface area contributed by atoms with E-state index in [9.17, 15) is 9.59 Å². The first kappa shape index (κ1) is 24.4. The zero-order chi connectivity index (χ0) is 25.2. The first-order valence-electron chi connectivity index (χ1n) is 11.8. The van der Waals surface area contributed by atoms with Crippen molar-refractivity contribution in [3.8, 4) is 17.1 Å². The molecule has 0 atom stereocenters. The van der Waals surface area contributed by atoms with Crippen LogP contribution < -0.4 is 26.8 Å². The first-order valence-corrected chi connectivity index (χ1v) is 11.8. The van der Waals surface area contributed by atoms with Gasteiger partial charge in [0.25, 0.3) is 5.91 Å². The summed E-state index contributed by atoms with van der Waals surface area (Å²) in [6.07, 6.45) is 6.01. The lowest BCUT2D eigenvalue weighted by Crippen LogP contribution is -2.53. The van der Waals surface area contributed by atoms with Gasteiger partial charge in [-0.2, -0.15) is 5.10 Å². The van der Waals surface area contributed by atoms with Gasteiger partial charge in [-0.15, -0.1) is 0 Å². The highest BCUT2D eigenvalue weighted by Gasteiger charge is 2.29. The van der Waals surface area contributed by atoms with Gasteiger partial charge in [0.05, 0.1) is 23.4 Å². The summed E-state index contributed by atoms with van der Waals surface area (Å²) in [5.74, 6) is 0.281. The predicted octanol–water partition coefficient (Wildman–Crippen LogP) is 1.67. The highest BCUT2D eigenvalue weighted by atomic mass is 16.5. The predicted molar refractivity (Wildman–Crippen MR) is 132 cm³/mol. The van der Waals surface area contributed by atoms with Crippen LogP contribution in [0.15, 0.2) is 30.7 Å². The second-order valence-corrected chi connectivity index (χ2v) is 9.38. The summed E-state index contributed by atoms with van der Waals surface area (Å²) in [7, 11) is 0. The van der Waals surface area contributed by atoms with E-state index >= 15 is 0 Å². The van der Waals surface area contributed by atoms with Crippen LogP contribution in [0.5, 0.6) is 5.88 Å². The molecule has 1 aliphatic rings. The minimum Gasteiger partial charge on any atom is -0.478 e. The molecule has 0 aliphatic heterocycles. The zero-order valence-corrected chi connectivity index (χ0v) is 20.2. The summed E-state index contributed by atoms with van der Waals surface area (Å²) in [6, 6.07) is 5.41. The average Bonchev–Trinajstić information content (AvgIpc) is 3.21. The van der Waals surface area contributed by atoms with E-state index in [4.69, 9.17) is 16.2 Å². The molecule has 0 spiro atoms. The number of amides is 2. The van der Waals surface area contributed by atoms with E-state index in [-0.39, 0.29) is 29.7 Å². The molecular formula is C24H32N8O3. The maximum absolute atomic E-state index is 13.3. The lowest BCUT2D eigenvalue weighted by Gasteiger charge is -2.31. The van der Waals surface area contributed by atoms with Crippen molar-refractivity contribution in [1.82, 2.24) is 30.2 Å². The molecule has 11 heteroatoms. The Morgan fingerprint density at radius 2 is 1.83 bits per heavy atom. The van der Waals surface area contributed by atoms with Crippen LogP contribution in [0.4, 0.5) is 5.82 Å². The third-order valence-corrected chi connectivity index (χ3v) is 6.13. The second-order valence-electron chi connectivity index (χ2n) is 9.38. The van der Waals surface area contributed by atoms with Crippen LogP contribution in [-0.2, 0) is 4.79 Å². The molecule has 1 saturated carbocycles. The molecule has 35 heavy (non-hydrogen) atoms. The summed E-state index contributed by atoms with van der Waals surface area (Å²) in [6.45, 7) is 5.75. The van der Waals surface area contributed by atoms with Gasteiger partial charge in [0.2, 0.25) is 11.8 Å². The number of anilines is 1. The Bertz CT molecular complexity index is 1230. The van der Waals surface area contributed by atoms with Crippen LogP contribution in [0.1, 0.15) is 56.8 Å². The summed E-state index contributed by atoms with van der Waals surface area (Å²) in [5, 5.41) is 10.5. The first-order chi connectivity index (χ1) is 16.7. The molecule has 6 N–H and O–H groups in total. The molecule has 3 aromatic rings. The third-order valence-electron chi connectivity index (χ3n) is 6.13. The van der Waals surface area contributed by atoms with Gasteiger partial charge in [-0.3, -0.25) is 9.59 Å². The Morgan fingerprint density at radius 1 is 1.14 bits per heavy atom. The lowest BCUT2D eigenvalue weighted by molar-refractivity contribution is -0.126. The van der Waals surface area contributed by atoms with Crippen molar-refractivity contribution in [2.75, 3.05) is 12.3 Å². The number of carbonyl (C=O) groups is 2. The van der Waals surface area contributed by atoms with Crippen LogP contribution in [0.3, 0.4) is 0 Å². The van der Waals surface area contributed by atoms with Crippen molar-refractivity contribution in [2.24, 2.45) is 5.73 Å². The fraction of sp³-hybridized carbons (Fsp3) is 0.458. The van der Waals surface area contributed by atoms with Crippen LogP contribution in [0.25, 0.3) is 16.8 Å². The Balaban J connectivity index is 1.52. The Morgan fingerprint density at radius 3 is 2.49 bits per heavy atom. The molecule has 0 aromatic carbocycles. The number of hydrogen-bond acceptors (Lipinski definition) is 8. The largest absolute Gasteiger partial charge is 0.478 e. The maximum atomic E-state index is 13.3. The van der Waals surface area contributed by atoms with Crippen molar-refractivity contribution < 1.29 is 14.3 Å². The van der Waals surface area contributed by atoms with Crippen molar-refractivity contribution >= 4 is 23.1 Å². The molecule has 0 saturated heterocycles. The van der Waals surface area contributed by atoms with Crippen LogP contribution >= 0.6 is 0 Å². The molecule has 186 valence electrons. The fourth-order valence-electron chi connectivity index (χ4n) is 4.26. The summed E-state index contributed by atoms with van der Waals surface area (Å²) >= 11 is 0.